The zero-order chi connectivity index (χ0) is 34.1. The third-order valence-electron chi connectivity index (χ3n) is 7.10. The van der Waals surface area contributed by atoms with E-state index in [-0.39, 0.29) is 21.4 Å². The Bertz CT molecular complexity index is 2240. The van der Waals surface area contributed by atoms with E-state index in [9.17, 15) is 26.4 Å². The van der Waals surface area contributed by atoms with E-state index in [1.165, 1.54) is 35.3 Å². The lowest BCUT2D eigenvalue weighted by molar-refractivity contribution is 0.0992. The number of anilines is 1. The summed E-state index contributed by atoms with van der Waals surface area (Å²) in [5, 5.41) is 7.63. The van der Waals surface area contributed by atoms with E-state index in [1.54, 1.807) is 42.5 Å². The van der Waals surface area contributed by atoms with Crippen LogP contribution in [0.3, 0.4) is 0 Å². The molecule has 0 unspecified atom stereocenters. The number of aryl methyl sites for hydroxylation is 1. The quantitative estimate of drug-likeness (QED) is 0.232. The van der Waals surface area contributed by atoms with Gasteiger partial charge in [0.1, 0.15) is 4.60 Å². The molecule has 47 heavy (non-hydrogen) atoms. The van der Waals surface area contributed by atoms with Crippen LogP contribution in [0.5, 0.6) is 0 Å². The van der Waals surface area contributed by atoms with Gasteiger partial charge in [0.25, 0.3) is 11.8 Å². The number of nitrogens with two attached hydrogens (primary N) is 1. The second-order valence-corrected chi connectivity index (χ2v) is 15.7. The van der Waals surface area contributed by atoms with Gasteiger partial charge in [-0.05, 0) is 82.9 Å². The summed E-state index contributed by atoms with van der Waals surface area (Å²) < 4.78 is 47.6. The smallest absolute Gasteiger partial charge is 0.269 e. The van der Waals surface area contributed by atoms with Crippen molar-refractivity contribution in [1.29, 1.82) is 0 Å². The highest BCUT2D eigenvalue weighted by molar-refractivity contribution is 9.10. The molecule has 0 saturated heterocycles. The Hall–Kier alpha value is -4.44. The Balaban J connectivity index is 0.000000335. The monoisotopic (exact) mass is 756 g/mol. The van der Waals surface area contributed by atoms with Crippen LogP contribution in [0.25, 0.3) is 17.1 Å². The van der Waals surface area contributed by atoms with E-state index in [0.29, 0.717) is 50.8 Å². The molecule has 0 saturated carbocycles. The van der Waals surface area contributed by atoms with Gasteiger partial charge >= 0.3 is 0 Å². The van der Waals surface area contributed by atoms with Crippen molar-refractivity contribution in [1.82, 2.24) is 19.7 Å². The first kappa shape index (κ1) is 33.9. The molecule has 2 amide bonds. The first-order valence-corrected chi connectivity index (χ1v) is 18.7. The predicted molar refractivity (Wildman–Crippen MR) is 180 cm³/mol. The van der Waals surface area contributed by atoms with Gasteiger partial charge in [0.2, 0.25) is 0 Å². The van der Waals surface area contributed by atoms with Crippen LogP contribution in [-0.4, -0.2) is 60.9 Å². The largest absolute Gasteiger partial charge is 0.364 e. The standard InChI is InChI=1S/C25H20ClN5O4S.C6H6BrNO2S/c1-36(34,35)16-9-11-21(28-13-16)31-23-18(22(30-31)24(27)32)10-7-14-6-8-15(12-19(14)23)29-25(33)17-4-2-3-5-20(17)26;1-11(9,10)5-2-3-6(7)8-4-5/h2-6,8-9,11-13H,7,10H2,1H3,(H2,27,32)(H,29,33);2-4H,1H3. The maximum absolute atomic E-state index is 12.8. The maximum Gasteiger partial charge on any atom is 0.269 e. The summed E-state index contributed by atoms with van der Waals surface area (Å²) in [4.78, 5) is 33.4. The number of halogens is 2. The number of carbonyl (C=O) groups is 2. The van der Waals surface area contributed by atoms with Crippen LogP contribution in [-0.2, 0) is 32.5 Å². The van der Waals surface area contributed by atoms with Crippen LogP contribution < -0.4 is 11.1 Å². The highest BCUT2D eigenvalue weighted by Gasteiger charge is 2.29. The van der Waals surface area contributed by atoms with Gasteiger partial charge < -0.3 is 11.1 Å². The minimum atomic E-state index is -3.44. The molecule has 0 spiro atoms. The van der Waals surface area contributed by atoms with Crippen molar-refractivity contribution in [2.45, 2.75) is 22.6 Å². The molecule has 1 aliphatic carbocycles. The summed E-state index contributed by atoms with van der Waals surface area (Å²) in [6, 6.07) is 18.3. The third kappa shape index (κ3) is 7.59. The molecule has 0 atom stereocenters. The number of nitrogens with one attached hydrogen (secondary N) is 1. The van der Waals surface area contributed by atoms with E-state index < -0.39 is 25.6 Å². The van der Waals surface area contributed by atoms with E-state index in [4.69, 9.17) is 17.3 Å². The molecule has 2 aromatic carbocycles. The number of hydrogen-bond donors (Lipinski definition) is 2. The number of pyridine rings is 2. The average molecular weight is 758 g/mol. The van der Waals surface area contributed by atoms with Crippen LogP contribution in [0.4, 0.5) is 5.69 Å². The minimum Gasteiger partial charge on any atom is -0.364 e. The molecule has 0 fully saturated rings. The summed E-state index contributed by atoms with van der Waals surface area (Å²) in [6.07, 6.45) is 5.99. The zero-order valence-electron chi connectivity index (χ0n) is 24.8. The van der Waals surface area contributed by atoms with Crippen molar-refractivity contribution in [3.63, 3.8) is 0 Å². The third-order valence-corrected chi connectivity index (χ3v) is 10.1. The van der Waals surface area contributed by atoms with Gasteiger partial charge in [-0.1, -0.05) is 29.8 Å². The van der Waals surface area contributed by atoms with Crippen molar-refractivity contribution in [3.05, 3.63) is 111 Å². The molecule has 3 heterocycles. The fourth-order valence-electron chi connectivity index (χ4n) is 4.82. The van der Waals surface area contributed by atoms with Crippen molar-refractivity contribution in [3.8, 4) is 17.1 Å². The van der Waals surface area contributed by atoms with Gasteiger partial charge in [-0.3, -0.25) is 9.59 Å². The summed E-state index contributed by atoms with van der Waals surface area (Å²) in [5.41, 5.74) is 9.63. The number of nitrogens with zero attached hydrogens (tertiary/aromatic N) is 4. The second kappa shape index (κ2) is 13.4. The molecule has 12 nitrogen and oxygen atoms in total. The molecular weight excluding hydrogens is 732 g/mol. The molecule has 6 rings (SSSR count). The fourth-order valence-corrected chi connectivity index (χ4v) is 6.40. The molecule has 0 bridgehead atoms. The number of sulfone groups is 2. The van der Waals surface area contributed by atoms with E-state index in [2.05, 4.69) is 36.3 Å². The SMILES string of the molecule is CS(=O)(=O)c1ccc(-n2nc(C(N)=O)c3c2-c2cc(NC(=O)c4ccccc4Cl)ccc2CC3)nc1.CS(=O)(=O)c1ccc(Br)nc1. The highest BCUT2D eigenvalue weighted by atomic mass is 79.9. The van der Waals surface area contributed by atoms with Crippen molar-refractivity contribution in [2.24, 2.45) is 5.73 Å². The Morgan fingerprint density at radius 1 is 0.894 bits per heavy atom. The number of rotatable bonds is 6. The van der Waals surface area contributed by atoms with E-state index in [1.807, 2.05) is 6.07 Å². The lowest BCUT2D eigenvalue weighted by atomic mass is 9.88. The molecule has 0 radical (unpaired) electrons. The van der Waals surface area contributed by atoms with Crippen molar-refractivity contribution >= 4 is 64.7 Å². The Labute approximate surface area is 284 Å². The number of benzene rings is 2. The highest BCUT2D eigenvalue weighted by Crippen LogP contribution is 2.38. The number of hydrogen-bond acceptors (Lipinski definition) is 9. The molecule has 242 valence electrons. The molecular formula is C31H26BrClN6O6S2. The average Bonchev–Trinajstić information content (AvgIpc) is 3.42. The molecule has 3 aromatic heterocycles. The normalized spacial score (nSPS) is 12.3. The number of carbonyl (C=O) groups excluding carboxylic acids is 2. The number of amides is 2. The number of primary amides is 1. The van der Waals surface area contributed by atoms with Crippen LogP contribution in [0.2, 0.25) is 5.02 Å². The maximum atomic E-state index is 12.8. The fraction of sp³-hybridized carbons (Fsp3) is 0.129. The Morgan fingerprint density at radius 2 is 1.55 bits per heavy atom. The lowest BCUT2D eigenvalue weighted by Crippen LogP contribution is -2.15. The summed E-state index contributed by atoms with van der Waals surface area (Å²) in [5.74, 6) is -0.713. The first-order chi connectivity index (χ1) is 22.1. The number of fused-ring (bicyclic) bond motifs is 3. The zero-order valence-corrected chi connectivity index (χ0v) is 28.8. The molecule has 1 aliphatic rings. The topological polar surface area (TPSA) is 184 Å². The van der Waals surface area contributed by atoms with E-state index in [0.717, 1.165) is 23.6 Å². The molecule has 5 aromatic rings. The van der Waals surface area contributed by atoms with Gasteiger partial charge in [0.15, 0.2) is 31.2 Å². The van der Waals surface area contributed by atoms with E-state index >= 15 is 0 Å². The van der Waals surface area contributed by atoms with Crippen LogP contribution in [0.1, 0.15) is 32.0 Å². The summed E-state index contributed by atoms with van der Waals surface area (Å²) in [7, 11) is -6.54. The minimum absolute atomic E-state index is 0.0624. The Morgan fingerprint density at radius 3 is 2.13 bits per heavy atom. The van der Waals surface area contributed by atoms with Crippen LogP contribution in [0, 0.1) is 0 Å². The van der Waals surface area contributed by atoms with Gasteiger partial charge in [-0.25, -0.2) is 31.5 Å². The van der Waals surface area contributed by atoms with Crippen molar-refractivity contribution in [2.75, 3.05) is 17.8 Å². The first-order valence-electron chi connectivity index (χ1n) is 13.7. The lowest BCUT2D eigenvalue weighted by Gasteiger charge is -2.20. The molecule has 0 aliphatic heterocycles. The second-order valence-electron chi connectivity index (χ2n) is 10.5. The number of aromatic nitrogens is 4. The van der Waals surface area contributed by atoms with Gasteiger partial charge in [-0.15, -0.1) is 0 Å². The van der Waals surface area contributed by atoms with Gasteiger partial charge in [0.05, 0.1) is 26.1 Å². The predicted octanol–water partition coefficient (Wildman–Crippen LogP) is 4.69. The van der Waals surface area contributed by atoms with Crippen molar-refractivity contribution < 1.29 is 26.4 Å². The summed E-state index contributed by atoms with van der Waals surface area (Å²) in [6.45, 7) is 0. The summed E-state index contributed by atoms with van der Waals surface area (Å²) >= 11 is 9.27. The molecule has 3 N–H and O–H groups in total. The Kier molecular flexibility index (Phi) is 9.63. The van der Waals surface area contributed by atoms with Gasteiger partial charge in [-0.2, -0.15) is 5.10 Å². The molecule has 16 heteroatoms. The van der Waals surface area contributed by atoms with Crippen LogP contribution in [0.15, 0.2) is 93.5 Å². The van der Waals surface area contributed by atoms with Gasteiger partial charge in [0, 0.05) is 41.7 Å². The van der Waals surface area contributed by atoms with Crippen LogP contribution >= 0.6 is 27.5 Å².